The summed E-state index contributed by atoms with van der Waals surface area (Å²) >= 11 is 6.95. The van der Waals surface area contributed by atoms with E-state index in [4.69, 9.17) is 11.6 Å². The summed E-state index contributed by atoms with van der Waals surface area (Å²) in [5, 5.41) is 2.53. The number of hydrogen-bond acceptors (Lipinski definition) is 4. The van der Waals surface area contributed by atoms with Crippen LogP contribution in [-0.4, -0.2) is 23.7 Å². The molecule has 0 spiro atoms. The largest absolute Gasteiger partial charge is 0.321 e. The van der Waals surface area contributed by atoms with E-state index in [2.05, 4.69) is 4.98 Å². The maximum atomic E-state index is 11.4. The molecule has 0 amide bonds. The number of alkyl halides is 1. The zero-order valence-corrected chi connectivity index (χ0v) is 11.8. The van der Waals surface area contributed by atoms with Crippen LogP contribution in [0.3, 0.4) is 0 Å². The number of ketones is 1. The molecule has 0 N–H and O–H groups in total. The van der Waals surface area contributed by atoms with Gasteiger partial charge in [-0.25, -0.2) is 4.98 Å². The van der Waals surface area contributed by atoms with Crippen molar-refractivity contribution in [2.75, 3.05) is 17.8 Å². The van der Waals surface area contributed by atoms with Crippen LogP contribution in [0.25, 0.3) is 0 Å². The third-order valence-electron chi connectivity index (χ3n) is 2.61. The number of aromatic nitrogens is 1. The lowest BCUT2D eigenvalue weighted by Crippen LogP contribution is -2.10. The van der Waals surface area contributed by atoms with E-state index in [0.717, 1.165) is 10.8 Å². The first-order chi connectivity index (χ1) is 8.61. The topological polar surface area (TPSA) is 33.2 Å². The Balaban J connectivity index is 2.23. The Hall–Kier alpha value is -1.39. The smallest absolute Gasteiger partial charge is 0.196 e. The number of thiazole rings is 1. The molecule has 0 aliphatic rings. The molecule has 0 fully saturated rings. The molecule has 5 heteroatoms. The van der Waals surface area contributed by atoms with Gasteiger partial charge < -0.3 is 4.90 Å². The van der Waals surface area contributed by atoms with Crippen LogP contribution in [0.2, 0.25) is 0 Å². The number of carbonyl (C=O) groups excluding carboxylic acids is 1. The molecule has 94 valence electrons. The number of Topliss-reactive ketones (excluding diaryl/α,β-unsaturated/α-hetero) is 1. The fraction of sp³-hybridized carbons (Fsp3) is 0.231. The molecule has 0 bridgehead atoms. The van der Waals surface area contributed by atoms with Gasteiger partial charge in [-0.05, 0) is 19.1 Å². The summed E-state index contributed by atoms with van der Waals surface area (Å²) in [7, 11) is 1.93. The highest BCUT2D eigenvalue weighted by molar-refractivity contribution is 7.14. The van der Waals surface area contributed by atoms with Gasteiger partial charge in [0, 0.05) is 18.1 Å². The summed E-state index contributed by atoms with van der Waals surface area (Å²) in [4.78, 5) is 17.7. The van der Waals surface area contributed by atoms with Crippen molar-refractivity contribution in [1.82, 2.24) is 4.98 Å². The first-order valence-corrected chi connectivity index (χ1v) is 6.88. The molecule has 1 aromatic carbocycles. The number of halogens is 1. The molecule has 0 aliphatic carbocycles. The SMILES string of the molecule is Cc1ccc(N(C)c2nc(C(=O)CCl)cs2)cc1. The lowest BCUT2D eigenvalue weighted by atomic mass is 10.2. The van der Waals surface area contributed by atoms with E-state index in [1.54, 1.807) is 5.38 Å². The standard InChI is InChI=1S/C13H13ClN2OS/c1-9-3-5-10(6-4-9)16(2)13-15-11(8-18-13)12(17)7-14/h3-6,8H,7H2,1-2H3. The van der Waals surface area contributed by atoms with Crippen LogP contribution in [0, 0.1) is 6.92 Å². The van der Waals surface area contributed by atoms with Crippen LogP contribution in [0.5, 0.6) is 0 Å². The van der Waals surface area contributed by atoms with Crippen LogP contribution >= 0.6 is 22.9 Å². The number of aryl methyl sites for hydroxylation is 1. The Morgan fingerprint density at radius 3 is 2.67 bits per heavy atom. The van der Waals surface area contributed by atoms with Gasteiger partial charge in [-0.15, -0.1) is 22.9 Å². The van der Waals surface area contributed by atoms with Crippen LogP contribution < -0.4 is 4.90 Å². The van der Waals surface area contributed by atoms with Crippen LogP contribution in [0.4, 0.5) is 10.8 Å². The fourth-order valence-corrected chi connectivity index (χ4v) is 2.45. The van der Waals surface area contributed by atoms with E-state index in [9.17, 15) is 4.79 Å². The minimum Gasteiger partial charge on any atom is -0.321 e. The predicted molar refractivity (Wildman–Crippen MR) is 76.4 cm³/mol. The minimum atomic E-state index is -0.142. The molecular formula is C13H13ClN2OS. The van der Waals surface area contributed by atoms with Gasteiger partial charge in [0.15, 0.2) is 10.9 Å². The minimum absolute atomic E-state index is 0.0303. The predicted octanol–water partition coefficient (Wildman–Crippen LogP) is 3.64. The molecule has 1 aromatic heterocycles. The summed E-state index contributed by atoms with van der Waals surface area (Å²) in [5.74, 6) is -0.172. The second-order valence-corrected chi connectivity index (χ2v) is 5.07. The van der Waals surface area contributed by atoms with E-state index >= 15 is 0 Å². The summed E-state index contributed by atoms with van der Waals surface area (Å²) in [6.45, 7) is 2.05. The zero-order valence-electron chi connectivity index (χ0n) is 10.2. The van der Waals surface area contributed by atoms with E-state index in [-0.39, 0.29) is 11.7 Å². The average Bonchev–Trinajstić information content (AvgIpc) is 2.87. The molecular weight excluding hydrogens is 268 g/mol. The van der Waals surface area contributed by atoms with Crippen molar-refractivity contribution in [3.8, 4) is 0 Å². The molecule has 2 rings (SSSR count). The molecule has 18 heavy (non-hydrogen) atoms. The van der Waals surface area contributed by atoms with Crippen LogP contribution in [-0.2, 0) is 0 Å². The third kappa shape index (κ3) is 2.71. The van der Waals surface area contributed by atoms with Crippen LogP contribution in [0.1, 0.15) is 16.1 Å². The number of nitrogens with zero attached hydrogens (tertiary/aromatic N) is 2. The third-order valence-corrected chi connectivity index (χ3v) is 3.77. The molecule has 0 atom stereocenters. The normalized spacial score (nSPS) is 10.4. The molecule has 0 radical (unpaired) electrons. The molecule has 2 aromatic rings. The highest BCUT2D eigenvalue weighted by atomic mass is 35.5. The van der Waals surface area contributed by atoms with E-state index in [1.807, 2.05) is 43.1 Å². The first-order valence-electron chi connectivity index (χ1n) is 5.47. The number of rotatable bonds is 4. The highest BCUT2D eigenvalue weighted by Crippen LogP contribution is 2.27. The van der Waals surface area contributed by atoms with Gasteiger partial charge in [0.25, 0.3) is 0 Å². The van der Waals surface area contributed by atoms with Crippen LogP contribution in [0.15, 0.2) is 29.6 Å². The molecule has 0 unspecified atom stereocenters. The average molecular weight is 281 g/mol. The van der Waals surface area contributed by atoms with Gasteiger partial charge >= 0.3 is 0 Å². The summed E-state index contributed by atoms with van der Waals surface area (Å²) in [6.07, 6.45) is 0. The van der Waals surface area contributed by atoms with Crippen molar-refractivity contribution in [3.05, 3.63) is 40.9 Å². The first kappa shape index (κ1) is 13.1. The summed E-state index contributed by atoms with van der Waals surface area (Å²) in [6, 6.07) is 8.15. The summed E-state index contributed by atoms with van der Waals surface area (Å²) in [5.41, 5.74) is 2.69. The van der Waals surface area contributed by atoms with Gasteiger partial charge in [-0.1, -0.05) is 17.7 Å². The van der Waals surface area contributed by atoms with Gasteiger partial charge in [0.05, 0.1) is 5.88 Å². The maximum absolute atomic E-state index is 11.4. The Kier molecular flexibility index (Phi) is 3.99. The number of carbonyl (C=O) groups is 1. The van der Waals surface area contributed by atoms with Crippen molar-refractivity contribution in [2.24, 2.45) is 0 Å². The van der Waals surface area contributed by atoms with Gasteiger partial charge in [0.2, 0.25) is 0 Å². The van der Waals surface area contributed by atoms with E-state index in [1.165, 1.54) is 16.9 Å². The maximum Gasteiger partial charge on any atom is 0.196 e. The number of benzene rings is 1. The molecule has 3 nitrogen and oxygen atoms in total. The Labute approximate surface area is 115 Å². The second-order valence-electron chi connectivity index (χ2n) is 3.97. The highest BCUT2D eigenvalue weighted by Gasteiger charge is 2.13. The molecule has 0 aliphatic heterocycles. The summed E-state index contributed by atoms with van der Waals surface area (Å²) < 4.78 is 0. The Bertz CT molecular complexity index is 550. The number of hydrogen-bond donors (Lipinski definition) is 0. The quantitative estimate of drug-likeness (QED) is 0.633. The fourth-order valence-electron chi connectivity index (χ4n) is 1.49. The van der Waals surface area contributed by atoms with Crippen molar-refractivity contribution >= 4 is 39.5 Å². The Morgan fingerprint density at radius 1 is 1.39 bits per heavy atom. The lowest BCUT2D eigenvalue weighted by molar-refractivity contribution is 0.101. The van der Waals surface area contributed by atoms with Gasteiger partial charge in [0.1, 0.15) is 5.69 Å². The van der Waals surface area contributed by atoms with Crippen molar-refractivity contribution in [2.45, 2.75) is 6.92 Å². The zero-order chi connectivity index (χ0) is 13.1. The number of anilines is 2. The molecule has 1 heterocycles. The monoisotopic (exact) mass is 280 g/mol. The van der Waals surface area contributed by atoms with Gasteiger partial charge in [-0.3, -0.25) is 4.79 Å². The molecule has 0 saturated carbocycles. The van der Waals surface area contributed by atoms with E-state index in [0.29, 0.717) is 5.69 Å². The van der Waals surface area contributed by atoms with Crippen molar-refractivity contribution in [3.63, 3.8) is 0 Å². The Morgan fingerprint density at radius 2 is 2.06 bits per heavy atom. The lowest BCUT2D eigenvalue weighted by Gasteiger charge is -2.15. The van der Waals surface area contributed by atoms with Crippen molar-refractivity contribution < 1.29 is 4.79 Å². The van der Waals surface area contributed by atoms with E-state index < -0.39 is 0 Å². The second kappa shape index (κ2) is 5.50. The van der Waals surface area contributed by atoms with Gasteiger partial charge in [-0.2, -0.15) is 0 Å². The van der Waals surface area contributed by atoms with Crippen molar-refractivity contribution in [1.29, 1.82) is 0 Å². The molecule has 0 saturated heterocycles.